The first-order chi connectivity index (χ1) is 13.8. The Balaban J connectivity index is 1.66. The first kappa shape index (κ1) is 20.1. The lowest BCUT2D eigenvalue weighted by Gasteiger charge is -2.17. The highest BCUT2D eigenvalue weighted by Crippen LogP contribution is 2.26. The number of benzene rings is 2. The quantitative estimate of drug-likeness (QED) is 0.595. The van der Waals surface area contributed by atoms with Gasteiger partial charge in [-0.1, -0.05) is 12.1 Å². The van der Waals surface area contributed by atoms with Gasteiger partial charge in [-0.15, -0.1) is 0 Å². The van der Waals surface area contributed by atoms with Crippen LogP contribution in [0.15, 0.2) is 42.5 Å². The van der Waals surface area contributed by atoms with Crippen LogP contribution in [0.5, 0.6) is 5.75 Å². The number of methoxy groups -OCH3 is 1. The summed E-state index contributed by atoms with van der Waals surface area (Å²) in [6, 6.07) is 10.7. The fraction of sp³-hybridized carbons (Fsp3) is 0.238. The Kier molecular flexibility index (Phi) is 5.63. The number of imide groups is 1. The number of carbonyl (C=O) groups excluding carboxylic acids is 4. The third-order valence-corrected chi connectivity index (χ3v) is 4.39. The number of para-hydroxylation sites is 2. The molecule has 150 valence electrons. The molecule has 0 spiro atoms. The van der Waals surface area contributed by atoms with Crippen LogP contribution in [0.1, 0.15) is 44.9 Å². The number of rotatable bonds is 6. The summed E-state index contributed by atoms with van der Waals surface area (Å²) in [4.78, 5) is 50.2. The molecule has 0 aromatic heterocycles. The van der Waals surface area contributed by atoms with Crippen LogP contribution in [0.4, 0.5) is 5.69 Å². The molecule has 0 bridgehead atoms. The average molecular weight is 396 g/mol. The summed E-state index contributed by atoms with van der Waals surface area (Å²) in [5.74, 6) is -1.68. The predicted molar refractivity (Wildman–Crippen MR) is 104 cm³/mol. The second-order valence-corrected chi connectivity index (χ2v) is 6.66. The first-order valence-electron chi connectivity index (χ1n) is 8.95. The van der Waals surface area contributed by atoms with Gasteiger partial charge in [-0.25, -0.2) is 4.79 Å². The Morgan fingerprint density at radius 2 is 1.72 bits per heavy atom. The molecule has 0 radical (unpaired) electrons. The van der Waals surface area contributed by atoms with E-state index in [1.807, 2.05) is 0 Å². The molecule has 3 rings (SSSR count). The molecule has 0 saturated heterocycles. The van der Waals surface area contributed by atoms with Crippen LogP contribution in [-0.2, 0) is 9.53 Å². The molecule has 3 amide bonds. The normalized spacial score (nSPS) is 12.8. The van der Waals surface area contributed by atoms with E-state index in [9.17, 15) is 19.2 Å². The summed E-state index contributed by atoms with van der Waals surface area (Å²) in [6.07, 6.45) is 0. The third-order valence-electron chi connectivity index (χ3n) is 4.39. The smallest absolute Gasteiger partial charge is 0.338 e. The molecule has 0 aliphatic carbocycles. The van der Waals surface area contributed by atoms with Crippen molar-refractivity contribution in [2.45, 2.75) is 19.9 Å². The maximum Gasteiger partial charge on any atom is 0.338 e. The summed E-state index contributed by atoms with van der Waals surface area (Å²) in [5.41, 5.74) is 0.929. The number of hydrogen-bond donors (Lipinski definition) is 1. The lowest BCUT2D eigenvalue weighted by molar-refractivity contribution is -0.119. The van der Waals surface area contributed by atoms with E-state index in [4.69, 9.17) is 9.47 Å². The fourth-order valence-electron chi connectivity index (χ4n) is 3.00. The minimum Gasteiger partial charge on any atom is -0.495 e. The van der Waals surface area contributed by atoms with Crippen LogP contribution in [0.3, 0.4) is 0 Å². The number of hydrogen-bond acceptors (Lipinski definition) is 6. The van der Waals surface area contributed by atoms with Gasteiger partial charge in [0.2, 0.25) is 0 Å². The van der Waals surface area contributed by atoms with E-state index in [1.54, 1.807) is 38.1 Å². The molecule has 2 aromatic carbocycles. The van der Waals surface area contributed by atoms with E-state index >= 15 is 0 Å². The van der Waals surface area contributed by atoms with Crippen molar-refractivity contribution in [2.75, 3.05) is 19.0 Å². The molecule has 0 fully saturated rings. The summed E-state index contributed by atoms with van der Waals surface area (Å²) in [6.45, 7) is 2.95. The van der Waals surface area contributed by atoms with E-state index in [0.717, 1.165) is 4.90 Å². The zero-order valence-electron chi connectivity index (χ0n) is 16.2. The Hall–Kier alpha value is -3.68. The molecular formula is C21H20N2O6. The van der Waals surface area contributed by atoms with Gasteiger partial charge in [0.05, 0.1) is 29.5 Å². The molecule has 2 aromatic rings. The number of nitrogens with zero attached hydrogens (tertiary/aromatic N) is 1. The van der Waals surface area contributed by atoms with Crippen molar-refractivity contribution in [3.63, 3.8) is 0 Å². The van der Waals surface area contributed by atoms with Gasteiger partial charge in [-0.05, 0) is 44.2 Å². The lowest BCUT2D eigenvalue weighted by Crippen LogP contribution is -2.35. The van der Waals surface area contributed by atoms with E-state index < -0.39 is 30.3 Å². The molecule has 1 aliphatic heterocycles. The van der Waals surface area contributed by atoms with Gasteiger partial charge in [0.15, 0.2) is 6.61 Å². The van der Waals surface area contributed by atoms with Crippen LogP contribution in [0, 0.1) is 0 Å². The van der Waals surface area contributed by atoms with Crippen LogP contribution in [-0.4, -0.2) is 48.3 Å². The van der Waals surface area contributed by atoms with E-state index in [2.05, 4.69) is 5.32 Å². The van der Waals surface area contributed by atoms with Crippen LogP contribution in [0.25, 0.3) is 0 Å². The Bertz CT molecular complexity index is 998. The highest BCUT2D eigenvalue weighted by Gasteiger charge is 2.37. The molecule has 1 heterocycles. The van der Waals surface area contributed by atoms with Crippen LogP contribution >= 0.6 is 0 Å². The van der Waals surface area contributed by atoms with E-state index in [-0.39, 0.29) is 22.7 Å². The van der Waals surface area contributed by atoms with E-state index in [1.165, 1.54) is 25.3 Å². The monoisotopic (exact) mass is 396 g/mol. The Morgan fingerprint density at radius 1 is 1.03 bits per heavy atom. The number of amides is 3. The number of esters is 1. The van der Waals surface area contributed by atoms with Crippen molar-refractivity contribution in [1.29, 1.82) is 0 Å². The second-order valence-electron chi connectivity index (χ2n) is 6.66. The Labute approximate surface area is 167 Å². The summed E-state index contributed by atoms with van der Waals surface area (Å²) < 4.78 is 10.2. The van der Waals surface area contributed by atoms with Gasteiger partial charge in [0.1, 0.15) is 5.75 Å². The zero-order chi connectivity index (χ0) is 21.1. The molecule has 8 nitrogen and oxygen atoms in total. The maximum absolute atomic E-state index is 12.4. The second kappa shape index (κ2) is 8.14. The maximum atomic E-state index is 12.4. The lowest BCUT2D eigenvalue weighted by atomic mass is 10.1. The van der Waals surface area contributed by atoms with E-state index in [0.29, 0.717) is 11.4 Å². The number of anilines is 1. The third kappa shape index (κ3) is 3.96. The highest BCUT2D eigenvalue weighted by molar-refractivity contribution is 6.22. The van der Waals surface area contributed by atoms with Crippen molar-refractivity contribution >= 4 is 29.4 Å². The molecular weight excluding hydrogens is 376 g/mol. The first-order valence-corrected chi connectivity index (χ1v) is 8.95. The average Bonchev–Trinajstić information content (AvgIpc) is 2.96. The molecule has 0 atom stereocenters. The van der Waals surface area contributed by atoms with Crippen molar-refractivity contribution in [2.24, 2.45) is 0 Å². The van der Waals surface area contributed by atoms with Gasteiger partial charge in [-0.2, -0.15) is 0 Å². The summed E-state index contributed by atoms with van der Waals surface area (Å²) >= 11 is 0. The topological polar surface area (TPSA) is 102 Å². The molecule has 8 heteroatoms. The highest BCUT2D eigenvalue weighted by atomic mass is 16.5. The SMILES string of the molecule is COc1ccccc1NC(=O)COC(=O)c1ccc2c(c1)C(=O)N(C(C)C)C2=O. The van der Waals surface area contributed by atoms with Gasteiger partial charge >= 0.3 is 5.97 Å². The van der Waals surface area contributed by atoms with Crippen LogP contribution in [0.2, 0.25) is 0 Å². The molecule has 29 heavy (non-hydrogen) atoms. The fourth-order valence-corrected chi connectivity index (χ4v) is 3.00. The molecule has 0 unspecified atom stereocenters. The summed E-state index contributed by atoms with van der Waals surface area (Å²) in [5, 5.41) is 2.59. The van der Waals surface area contributed by atoms with Crippen LogP contribution < -0.4 is 10.1 Å². The summed E-state index contributed by atoms with van der Waals surface area (Å²) in [7, 11) is 1.48. The number of carbonyl (C=O) groups is 4. The number of fused-ring (bicyclic) bond motifs is 1. The van der Waals surface area contributed by atoms with Gasteiger partial charge < -0.3 is 14.8 Å². The Morgan fingerprint density at radius 3 is 2.41 bits per heavy atom. The predicted octanol–water partition coefficient (Wildman–Crippen LogP) is 2.50. The minimum absolute atomic E-state index is 0.0839. The van der Waals surface area contributed by atoms with Crippen molar-refractivity contribution in [3.05, 3.63) is 59.2 Å². The standard InChI is InChI=1S/C21H20N2O6/c1-12(2)23-19(25)14-9-8-13(10-15(14)20(23)26)21(27)29-11-18(24)22-16-6-4-5-7-17(16)28-3/h4-10,12H,11H2,1-3H3,(H,22,24). The van der Waals surface area contributed by atoms with Crippen molar-refractivity contribution in [3.8, 4) is 5.75 Å². The molecule has 0 saturated carbocycles. The number of ether oxygens (including phenoxy) is 2. The minimum atomic E-state index is -0.772. The number of nitrogens with one attached hydrogen (secondary N) is 1. The zero-order valence-corrected chi connectivity index (χ0v) is 16.2. The van der Waals surface area contributed by atoms with Gasteiger partial charge in [0, 0.05) is 6.04 Å². The van der Waals surface area contributed by atoms with Crippen molar-refractivity contribution in [1.82, 2.24) is 4.90 Å². The van der Waals surface area contributed by atoms with Crippen molar-refractivity contribution < 1.29 is 28.7 Å². The van der Waals surface area contributed by atoms with Gasteiger partial charge in [0.25, 0.3) is 17.7 Å². The van der Waals surface area contributed by atoms with Gasteiger partial charge in [-0.3, -0.25) is 19.3 Å². The molecule has 1 N–H and O–H groups in total. The largest absolute Gasteiger partial charge is 0.495 e. The molecule has 1 aliphatic rings.